The number of hydrogen-bond donors (Lipinski definition) is 3. The first-order valence-electron chi connectivity index (χ1n) is 21.8. The number of ether oxygens (including phenoxy) is 3. The first kappa shape index (κ1) is 45.1. The van der Waals surface area contributed by atoms with E-state index < -0.39 is 129 Å². The molecule has 0 radical (unpaired) electrons. The number of hydrogen-bond acceptors (Lipinski definition) is 11. The minimum absolute atomic E-state index is 0.0699. The van der Waals surface area contributed by atoms with Crippen molar-refractivity contribution in [3.63, 3.8) is 0 Å². The van der Waals surface area contributed by atoms with Crippen LogP contribution in [0, 0.1) is 35.0 Å². The molecular formula is C43H56F4N6O9S. The lowest BCUT2D eigenvalue weighted by atomic mass is 9.71. The van der Waals surface area contributed by atoms with Crippen molar-refractivity contribution in [1.29, 1.82) is 0 Å². The molecule has 2 aliphatic heterocycles. The Kier molecular flexibility index (Phi) is 11.4. The Hall–Kier alpha value is -4.49. The van der Waals surface area contributed by atoms with Gasteiger partial charge in [0.2, 0.25) is 34.1 Å². The molecule has 6 aliphatic rings. The number of methoxy groups -OCH3 is 1. The van der Waals surface area contributed by atoms with Gasteiger partial charge >= 0.3 is 6.09 Å². The maximum Gasteiger partial charge on any atom is 0.408 e. The number of nitrogens with zero attached hydrogens (tertiary/aromatic N) is 3. The van der Waals surface area contributed by atoms with E-state index in [2.05, 4.69) is 20.6 Å². The highest BCUT2D eigenvalue weighted by molar-refractivity contribution is 7.91. The third-order valence-corrected chi connectivity index (χ3v) is 16.8. The number of carbonyl (C=O) groups excluding carboxylic acids is 4. The Balaban J connectivity index is 1.18. The highest BCUT2D eigenvalue weighted by atomic mass is 32.2. The third kappa shape index (κ3) is 8.26. The SMILES string of the molecule is COc1ccc2nc3c(nc2c1)OC1CN(C(=O)C(C(C)(C)C)NC(=O)OC2CC4CCC4C2CCCCC3(F)F)C(C(=O)NC2(C(=O)NS(=O)(=O)C3(C)CC3)CC2C(F)F)C1C. The number of rotatable bonds is 7. The van der Waals surface area contributed by atoms with Gasteiger partial charge < -0.3 is 29.7 Å². The highest BCUT2D eigenvalue weighted by Gasteiger charge is 2.68. The van der Waals surface area contributed by atoms with E-state index in [4.69, 9.17) is 14.2 Å². The molecule has 346 valence electrons. The van der Waals surface area contributed by atoms with Gasteiger partial charge in [0.15, 0.2) is 5.69 Å². The normalized spacial score (nSPS) is 33.8. The topological polar surface area (TPSA) is 195 Å². The number of nitrogens with one attached hydrogen (secondary N) is 3. The van der Waals surface area contributed by atoms with Crippen LogP contribution in [-0.2, 0) is 35.1 Å². The Labute approximate surface area is 363 Å². The second kappa shape index (κ2) is 15.9. The van der Waals surface area contributed by atoms with Crippen molar-refractivity contribution in [3.8, 4) is 11.6 Å². The largest absolute Gasteiger partial charge is 0.497 e. The average molecular weight is 909 g/mol. The Morgan fingerprint density at radius 2 is 1.73 bits per heavy atom. The smallest absolute Gasteiger partial charge is 0.408 e. The van der Waals surface area contributed by atoms with Crippen LogP contribution in [0.25, 0.3) is 11.0 Å². The van der Waals surface area contributed by atoms with E-state index in [0.717, 1.165) is 17.7 Å². The van der Waals surface area contributed by atoms with E-state index >= 15 is 8.78 Å². The lowest BCUT2D eigenvalue weighted by Crippen LogP contribution is -2.61. The van der Waals surface area contributed by atoms with Crippen LogP contribution in [0.3, 0.4) is 0 Å². The van der Waals surface area contributed by atoms with Gasteiger partial charge in [-0.1, -0.05) is 34.1 Å². The molecule has 3 heterocycles. The fraction of sp³-hybridized carbons (Fsp3) is 0.721. The summed E-state index contributed by atoms with van der Waals surface area (Å²) in [5.74, 6) is -9.31. The number of sulfonamides is 1. The minimum atomic E-state index is -4.32. The van der Waals surface area contributed by atoms with E-state index in [9.17, 15) is 36.4 Å². The van der Waals surface area contributed by atoms with Crippen LogP contribution in [0.15, 0.2) is 18.2 Å². The number of amides is 4. The minimum Gasteiger partial charge on any atom is -0.497 e. The molecule has 1 aromatic carbocycles. The van der Waals surface area contributed by atoms with Crippen LogP contribution in [0.5, 0.6) is 11.6 Å². The quantitative estimate of drug-likeness (QED) is 0.293. The molecule has 5 fully saturated rings. The van der Waals surface area contributed by atoms with Gasteiger partial charge in [-0.05, 0) is 93.6 Å². The lowest BCUT2D eigenvalue weighted by Gasteiger charge is -2.36. The van der Waals surface area contributed by atoms with Crippen molar-refractivity contribution in [3.05, 3.63) is 23.9 Å². The van der Waals surface area contributed by atoms with Crippen LogP contribution in [-0.4, -0.2) is 102 Å². The molecule has 10 unspecified atom stereocenters. The first-order chi connectivity index (χ1) is 29.5. The monoisotopic (exact) mass is 908 g/mol. The van der Waals surface area contributed by atoms with Gasteiger partial charge in [0, 0.05) is 18.4 Å². The van der Waals surface area contributed by atoms with Crippen molar-refractivity contribution < 1.29 is 59.4 Å². The van der Waals surface area contributed by atoms with Crippen molar-refractivity contribution in [2.75, 3.05) is 13.7 Å². The molecule has 10 atom stereocenters. The van der Waals surface area contributed by atoms with Crippen molar-refractivity contribution in [2.24, 2.45) is 35.0 Å². The second-order valence-corrected chi connectivity index (χ2v) is 22.1. The summed E-state index contributed by atoms with van der Waals surface area (Å²) >= 11 is 0. The van der Waals surface area contributed by atoms with Gasteiger partial charge in [-0.25, -0.2) is 32.0 Å². The van der Waals surface area contributed by atoms with Crippen molar-refractivity contribution in [1.82, 2.24) is 30.2 Å². The van der Waals surface area contributed by atoms with E-state index in [1.807, 2.05) is 4.72 Å². The first-order valence-corrected chi connectivity index (χ1v) is 23.3. The zero-order valence-electron chi connectivity index (χ0n) is 36.2. The molecule has 63 heavy (non-hydrogen) atoms. The summed E-state index contributed by atoms with van der Waals surface area (Å²) in [6.07, 6.45) is -2.92. The number of fused-ring (bicyclic) bond motifs is 7. The molecular weight excluding hydrogens is 853 g/mol. The fourth-order valence-electron chi connectivity index (χ4n) is 10.1. The predicted molar refractivity (Wildman–Crippen MR) is 218 cm³/mol. The molecule has 15 nitrogen and oxygen atoms in total. The van der Waals surface area contributed by atoms with Gasteiger partial charge in [-0.3, -0.25) is 19.1 Å². The highest BCUT2D eigenvalue weighted by Crippen LogP contribution is 2.54. The number of carbonyl (C=O) groups is 4. The van der Waals surface area contributed by atoms with Crippen LogP contribution in [0.2, 0.25) is 0 Å². The zero-order chi connectivity index (χ0) is 45.6. The summed E-state index contributed by atoms with van der Waals surface area (Å²) in [7, 11) is -2.89. The molecule has 1 aromatic heterocycles. The van der Waals surface area contributed by atoms with E-state index in [1.54, 1.807) is 26.8 Å². The van der Waals surface area contributed by atoms with E-state index in [-0.39, 0.29) is 42.1 Å². The van der Waals surface area contributed by atoms with E-state index in [0.29, 0.717) is 30.9 Å². The molecule has 2 aromatic rings. The zero-order valence-corrected chi connectivity index (χ0v) is 37.0. The molecule has 20 heteroatoms. The summed E-state index contributed by atoms with van der Waals surface area (Å²) in [6.45, 7) is 7.52. The average Bonchev–Trinajstić information content (AvgIpc) is 4.09. The molecule has 0 spiro atoms. The van der Waals surface area contributed by atoms with Gasteiger partial charge in [0.1, 0.15) is 35.6 Å². The molecule has 3 N–H and O–H groups in total. The van der Waals surface area contributed by atoms with Gasteiger partial charge in [-0.15, -0.1) is 0 Å². The molecule has 4 amide bonds. The number of alkyl carbamates (subject to hydrolysis) is 1. The maximum atomic E-state index is 16.6. The van der Waals surface area contributed by atoms with Crippen LogP contribution in [0.1, 0.15) is 105 Å². The van der Waals surface area contributed by atoms with Gasteiger partial charge in [0.05, 0.1) is 35.4 Å². The summed E-state index contributed by atoms with van der Waals surface area (Å²) in [5.41, 5.74) is -3.83. The van der Waals surface area contributed by atoms with Gasteiger partial charge in [-0.2, -0.15) is 8.78 Å². The van der Waals surface area contributed by atoms with Crippen molar-refractivity contribution in [2.45, 2.75) is 146 Å². The fourth-order valence-corrected chi connectivity index (χ4v) is 11.4. The van der Waals surface area contributed by atoms with Crippen LogP contribution < -0.4 is 24.8 Å². The summed E-state index contributed by atoms with van der Waals surface area (Å²) in [5, 5.41) is 5.14. The third-order valence-electron chi connectivity index (χ3n) is 14.6. The molecule has 4 saturated carbocycles. The van der Waals surface area contributed by atoms with Gasteiger partial charge in [0.25, 0.3) is 11.8 Å². The second-order valence-electron chi connectivity index (χ2n) is 19.9. The predicted octanol–water partition coefficient (Wildman–Crippen LogP) is 5.59. The van der Waals surface area contributed by atoms with Crippen LogP contribution >= 0.6 is 0 Å². The number of benzene rings is 1. The Morgan fingerprint density at radius 1 is 1.00 bits per heavy atom. The number of alkyl halides is 4. The molecule has 4 aliphatic carbocycles. The summed E-state index contributed by atoms with van der Waals surface area (Å²) in [6, 6.07) is 1.59. The summed E-state index contributed by atoms with van der Waals surface area (Å²) < 4.78 is 106. The van der Waals surface area contributed by atoms with E-state index in [1.165, 1.54) is 33.1 Å². The number of aromatic nitrogens is 2. The molecule has 1 saturated heterocycles. The van der Waals surface area contributed by atoms with Crippen LogP contribution in [0.4, 0.5) is 22.4 Å². The van der Waals surface area contributed by atoms with Crippen molar-refractivity contribution >= 4 is 44.9 Å². The Morgan fingerprint density at radius 3 is 2.35 bits per heavy atom. The number of halogens is 4. The Bertz CT molecular complexity index is 2290. The maximum absolute atomic E-state index is 16.6. The molecule has 2 bridgehead atoms. The molecule has 8 rings (SSSR count). The lowest BCUT2D eigenvalue weighted by molar-refractivity contribution is -0.143. The standard InChI is InChI=1S/C43H56F4N6O9S/c1-21-30-20-53(31(21)35(54)51-42(19-26(42)34(44)45)38(56)52-63(58,59)41(5)15-16-41)37(55)33(40(2,3)4)50-39(57)62-29-17-22-10-12-24(22)25(29)9-7-8-14-43(46,47)32-36(61-30)49-28-18-23(60-6)11-13-27(28)48-32/h11,13,18,21-22,24-26,29-31,33-34H,7-10,12,14-17,19-20H2,1-6H3,(H,50,57)(H,51,54)(H,52,56). The summed E-state index contributed by atoms with van der Waals surface area (Å²) in [4.78, 5) is 67.0.